The van der Waals surface area contributed by atoms with Crippen molar-refractivity contribution in [2.24, 2.45) is 11.8 Å². The highest BCUT2D eigenvalue weighted by atomic mass is 32.2. The van der Waals surface area contributed by atoms with Crippen LogP contribution in [0, 0.1) is 11.8 Å². The summed E-state index contributed by atoms with van der Waals surface area (Å²) in [6, 6.07) is 0. The molecule has 148 valence electrons. The number of carbonyl (C=O) groups is 2. The molecular weight excluding hydrogens is 392 g/mol. The Morgan fingerprint density at radius 2 is 1.96 bits per heavy atom. The summed E-state index contributed by atoms with van der Waals surface area (Å²) in [5.41, 5.74) is 0. The Balaban J connectivity index is 1.56. The molecule has 0 amide bonds. The van der Waals surface area contributed by atoms with Crippen LogP contribution in [-0.2, 0) is 33.9 Å². The van der Waals surface area contributed by atoms with Crippen LogP contribution in [0.2, 0.25) is 0 Å². The van der Waals surface area contributed by atoms with Crippen LogP contribution in [0.1, 0.15) is 19.3 Å². The van der Waals surface area contributed by atoms with Crippen LogP contribution in [0.5, 0.6) is 0 Å². The first-order valence-electron chi connectivity index (χ1n) is 7.58. The topological polar surface area (TPSA) is 119 Å². The first-order chi connectivity index (χ1) is 11.8. The van der Waals surface area contributed by atoms with Crippen LogP contribution in [-0.4, -0.2) is 61.0 Å². The SMILES string of the molecule is O=C(CCC(F)(F)C(F)(F)S(=O)(=O)[O-])OC1CC2OC1C1C(=O)OCC21. The van der Waals surface area contributed by atoms with Crippen molar-refractivity contribution in [2.75, 3.05) is 6.61 Å². The maximum Gasteiger partial charge on any atom is 0.396 e. The Kier molecular flexibility index (Phi) is 4.47. The number of cyclic esters (lactones) is 1. The Morgan fingerprint density at radius 3 is 2.58 bits per heavy atom. The quantitative estimate of drug-likeness (QED) is 0.354. The van der Waals surface area contributed by atoms with Gasteiger partial charge in [0, 0.05) is 18.8 Å². The van der Waals surface area contributed by atoms with Crippen molar-refractivity contribution in [3.63, 3.8) is 0 Å². The molecule has 5 unspecified atom stereocenters. The van der Waals surface area contributed by atoms with Crippen LogP contribution in [0.15, 0.2) is 0 Å². The molecule has 3 heterocycles. The lowest BCUT2D eigenvalue weighted by Gasteiger charge is -2.28. The van der Waals surface area contributed by atoms with Crippen molar-refractivity contribution in [3.8, 4) is 0 Å². The normalized spacial score (nSPS) is 33.9. The van der Waals surface area contributed by atoms with Crippen molar-refractivity contribution in [1.29, 1.82) is 0 Å². The number of carbonyl (C=O) groups excluding carboxylic acids is 2. The van der Waals surface area contributed by atoms with Gasteiger partial charge in [-0.2, -0.15) is 17.6 Å². The Labute approximate surface area is 144 Å². The fraction of sp³-hybridized carbons (Fsp3) is 0.846. The van der Waals surface area contributed by atoms with Gasteiger partial charge in [0.2, 0.25) is 0 Å². The minimum Gasteiger partial charge on any atom is -0.743 e. The van der Waals surface area contributed by atoms with E-state index >= 15 is 0 Å². The lowest BCUT2D eigenvalue weighted by molar-refractivity contribution is -0.174. The van der Waals surface area contributed by atoms with Crippen LogP contribution in [0.4, 0.5) is 17.6 Å². The summed E-state index contributed by atoms with van der Waals surface area (Å²) in [6.07, 6.45) is -5.05. The summed E-state index contributed by atoms with van der Waals surface area (Å²) in [5.74, 6) is -7.86. The zero-order chi connectivity index (χ0) is 19.5. The highest BCUT2D eigenvalue weighted by Crippen LogP contribution is 2.48. The molecule has 0 spiro atoms. The third kappa shape index (κ3) is 2.95. The summed E-state index contributed by atoms with van der Waals surface area (Å²) >= 11 is 0. The first-order valence-corrected chi connectivity index (χ1v) is 8.98. The second-order valence-corrected chi connectivity index (χ2v) is 7.82. The van der Waals surface area contributed by atoms with Gasteiger partial charge in [-0.15, -0.1) is 0 Å². The molecule has 0 N–H and O–H groups in total. The molecule has 8 nitrogen and oxygen atoms in total. The van der Waals surface area contributed by atoms with Gasteiger partial charge in [-0.05, 0) is 0 Å². The fourth-order valence-corrected chi connectivity index (χ4v) is 3.97. The van der Waals surface area contributed by atoms with E-state index in [9.17, 15) is 40.1 Å². The summed E-state index contributed by atoms with van der Waals surface area (Å²) in [6.45, 7) is 0.177. The minimum atomic E-state index is -6.61. The van der Waals surface area contributed by atoms with Crippen molar-refractivity contribution in [3.05, 3.63) is 0 Å². The molecule has 3 rings (SSSR count). The predicted octanol–water partition coefficient (Wildman–Crippen LogP) is 0.412. The smallest absolute Gasteiger partial charge is 0.396 e. The zero-order valence-corrected chi connectivity index (χ0v) is 13.7. The molecule has 0 aromatic heterocycles. The summed E-state index contributed by atoms with van der Waals surface area (Å²) in [7, 11) is -6.61. The number of fused-ring (bicyclic) bond motifs is 5. The van der Waals surface area contributed by atoms with E-state index in [0.29, 0.717) is 0 Å². The molecule has 0 radical (unpaired) electrons. The van der Waals surface area contributed by atoms with E-state index in [0.717, 1.165) is 0 Å². The average molecular weight is 405 g/mol. The molecule has 3 aliphatic rings. The maximum absolute atomic E-state index is 13.3. The second-order valence-electron chi connectivity index (χ2n) is 6.40. The molecule has 0 aromatic rings. The zero-order valence-electron chi connectivity index (χ0n) is 12.9. The highest BCUT2D eigenvalue weighted by molar-refractivity contribution is 7.86. The van der Waals surface area contributed by atoms with Gasteiger partial charge in [0.1, 0.15) is 12.2 Å². The molecule has 13 heteroatoms. The first kappa shape index (κ1) is 19.3. The van der Waals surface area contributed by atoms with Gasteiger partial charge in [-0.1, -0.05) is 0 Å². The van der Waals surface area contributed by atoms with E-state index < -0.39 is 70.3 Å². The number of hydrogen-bond acceptors (Lipinski definition) is 8. The summed E-state index contributed by atoms with van der Waals surface area (Å²) in [4.78, 5) is 23.3. The average Bonchev–Trinajstić information content (AvgIpc) is 3.17. The fourth-order valence-electron chi connectivity index (χ4n) is 3.50. The van der Waals surface area contributed by atoms with Crippen molar-refractivity contribution in [2.45, 2.75) is 48.8 Å². The summed E-state index contributed by atoms with van der Waals surface area (Å²) < 4.78 is 98.8. The molecule has 26 heavy (non-hydrogen) atoms. The standard InChI is InChI=1S/C13H14F4O8S/c14-12(15,13(16,17)26(20,21)22)2-1-8(18)24-7-3-6-5-4-23-11(19)9(5)10(7)25-6/h5-7,9-10H,1-4H2,(H,20,21,22)/p-1. The molecule has 3 aliphatic heterocycles. The third-order valence-corrected chi connectivity index (χ3v) is 5.74. The molecule has 3 fully saturated rings. The number of halogens is 4. The molecule has 2 bridgehead atoms. The highest BCUT2D eigenvalue weighted by Gasteiger charge is 2.63. The van der Waals surface area contributed by atoms with E-state index in [1.54, 1.807) is 0 Å². The summed E-state index contributed by atoms with van der Waals surface area (Å²) in [5, 5.41) is -5.85. The third-order valence-electron chi connectivity index (χ3n) is 4.81. The van der Waals surface area contributed by atoms with E-state index in [1.807, 2.05) is 0 Å². The number of hydrogen-bond donors (Lipinski definition) is 0. The molecule has 0 aromatic carbocycles. The lowest BCUT2D eigenvalue weighted by atomic mass is 9.80. The number of alkyl halides is 4. The predicted molar refractivity (Wildman–Crippen MR) is 69.9 cm³/mol. The minimum absolute atomic E-state index is 0.173. The van der Waals surface area contributed by atoms with E-state index in [4.69, 9.17) is 14.2 Å². The monoisotopic (exact) mass is 405 g/mol. The van der Waals surface area contributed by atoms with E-state index in [-0.39, 0.29) is 18.9 Å². The van der Waals surface area contributed by atoms with Gasteiger partial charge >= 0.3 is 23.1 Å². The van der Waals surface area contributed by atoms with E-state index in [2.05, 4.69) is 0 Å². The van der Waals surface area contributed by atoms with Crippen molar-refractivity contribution < 1.29 is 54.3 Å². The Hall–Kier alpha value is -1.47. The van der Waals surface area contributed by atoms with Gasteiger partial charge in [0.15, 0.2) is 10.1 Å². The maximum atomic E-state index is 13.3. The van der Waals surface area contributed by atoms with Gasteiger partial charge in [0.25, 0.3) is 0 Å². The molecule has 0 saturated carbocycles. The van der Waals surface area contributed by atoms with Gasteiger partial charge in [0.05, 0.1) is 25.0 Å². The number of rotatable bonds is 6. The van der Waals surface area contributed by atoms with Crippen LogP contribution < -0.4 is 0 Å². The second kappa shape index (κ2) is 6.02. The van der Waals surface area contributed by atoms with Gasteiger partial charge < -0.3 is 18.8 Å². The van der Waals surface area contributed by atoms with Crippen molar-refractivity contribution in [1.82, 2.24) is 0 Å². The van der Waals surface area contributed by atoms with Gasteiger partial charge in [-0.25, -0.2) is 8.42 Å². The van der Waals surface area contributed by atoms with Crippen LogP contribution in [0.25, 0.3) is 0 Å². The number of ether oxygens (including phenoxy) is 3. The van der Waals surface area contributed by atoms with Gasteiger partial charge in [-0.3, -0.25) is 9.59 Å². The van der Waals surface area contributed by atoms with Crippen molar-refractivity contribution >= 4 is 22.1 Å². The number of esters is 2. The van der Waals surface area contributed by atoms with Crippen LogP contribution in [0.3, 0.4) is 0 Å². The largest absolute Gasteiger partial charge is 0.743 e. The molecule has 5 atom stereocenters. The van der Waals surface area contributed by atoms with E-state index in [1.165, 1.54) is 0 Å². The molecule has 0 aliphatic carbocycles. The molecular formula is C13H13F4O8S-. The molecule has 3 saturated heterocycles. The Bertz CT molecular complexity index is 724. The van der Waals surface area contributed by atoms with Crippen LogP contribution >= 0.6 is 0 Å². The Morgan fingerprint density at radius 1 is 1.31 bits per heavy atom. The lowest BCUT2D eigenvalue weighted by Crippen LogP contribution is -2.47.